The van der Waals surface area contributed by atoms with E-state index in [9.17, 15) is 9.90 Å². The van der Waals surface area contributed by atoms with Gasteiger partial charge in [-0.15, -0.1) is 0 Å². The van der Waals surface area contributed by atoms with E-state index in [1.807, 2.05) is 0 Å². The molecule has 0 radical (unpaired) electrons. The fraction of sp³-hybridized carbons (Fsp3) is 0.500. The zero-order valence-corrected chi connectivity index (χ0v) is 15.7. The monoisotopic (exact) mass is 365 g/mol. The molecule has 5 nitrogen and oxygen atoms in total. The summed E-state index contributed by atoms with van der Waals surface area (Å²) in [7, 11) is 0. The van der Waals surface area contributed by atoms with Gasteiger partial charge in [0.15, 0.2) is 0 Å². The number of carboxylic acids is 1. The molecule has 0 unspecified atom stereocenters. The lowest BCUT2D eigenvalue weighted by Crippen LogP contribution is -2.32. The Balaban J connectivity index is 1.52. The van der Waals surface area contributed by atoms with Crippen molar-refractivity contribution >= 4 is 11.9 Å². The van der Waals surface area contributed by atoms with Crippen molar-refractivity contribution < 1.29 is 9.90 Å². The third kappa shape index (κ3) is 4.12. The number of benzene rings is 1. The van der Waals surface area contributed by atoms with Gasteiger partial charge in [0.25, 0.3) is 0 Å². The summed E-state index contributed by atoms with van der Waals surface area (Å²) in [4.78, 5) is 22.9. The standard InChI is InChI=1S/C22H27N3O2/c26-21(27)19-14-23-22(24-20(19)11-10-16-6-2-1-3-7-16)25-13-12-17-8-4-5-9-18(17)15-25/h4-5,8-9,14,16H,1-3,6-7,10-13,15H2,(H,26,27). The Hall–Kier alpha value is -2.43. The van der Waals surface area contributed by atoms with Crippen LogP contribution in [0.2, 0.25) is 0 Å². The molecular weight excluding hydrogens is 338 g/mol. The van der Waals surface area contributed by atoms with Crippen LogP contribution in [0.4, 0.5) is 5.95 Å². The molecule has 4 rings (SSSR count). The fourth-order valence-corrected chi connectivity index (χ4v) is 4.41. The molecule has 142 valence electrons. The highest BCUT2D eigenvalue weighted by Crippen LogP contribution is 2.28. The molecule has 1 saturated carbocycles. The zero-order chi connectivity index (χ0) is 18.6. The number of aryl methyl sites for hydroxylation is 1. The van der Waals surface area contributed by atoms with E-state index in [1.165, 1.54) is 49.4 Å². The molecule has 1 N–H and O–H groups in total. The molecule has 0 atom stereocenters. The molecule has 2 heterocycles. The van der Waals surface area contributed by atoms with Crippen LogP contribution in [0.3, 0.4) is 0 Å². The van der Waals surface area contributed by atoms with Crippen molar-refractivity contribution in [3.05, 3.63) is 52.8 Å². The van der Waals surface area contributed by atoms with Crippen LogP contribution < -0.4 is 4.90 Å². The number of hydrogen-bond acceptors (Lipinski definition) is 4. The molecule has 1 aliphatic heterocycles. The van der Waals surface area contributed by atoms with E-state index in [1.54, 1.807) is 0 Å². The molecule has 0 saturated heterocycles. The largest absolute Gasteiger partial charge is 0.478 e. The Morgan fingerprint density at radius 2 is 1.93 bits per heavy atom. The van der Waals surface area contributed by atoms with Gasteiger partial charge in [0, 0.05) is 19.3 Å². The first-order valence-corrected chi connectivity index (χ1v) is 10.1. The van der Waals surface area contributed by atoms with Crippen molar-refractivity contribution in [1.29, 1.82) is 0 Å². The predicted octanol–water partition coefficient (Wildman–Crippen LogP) is 4.25. The normalized spacial score (nSPS) is 17.6. The second-order valence-electron chi connectivity index (χ2n) is 7.82. The number of fused-ring (bicyclic) bond motifs is 1. The van der Waals surface area contributed by atoms with Gasteiger partial charge in [-0.25, -0.2) is 14.8 Å². The molecule has 1 aromatic carbocycles. The number of carboxylic acid groups (broad SMARTS) is 1. The van der Waals surface area contributed by atoms with Crippen LogP contribution in [0.1, 0.15) is 65.7 Å². The third-order valence-electron chi connectivity index (χ3n) is 6.01. The Bertz CT molecular complexity index is 815. The summed E-state index contributed by atoms with van der Waals surface area (Å²) in [5, 5.41) is 9.54. The van der Waals surface area contributed by atoms with Crippen molar-refractivity contribution in [2.45, 2.75) is 57.9 Å². The molecule has 1 aliphatic carbocycles. The number of rotatable bonds is 5. The Morgan fingerprint density at radius 1 is 1.15 bits per heavy atom. The molecule has 0 bridgehead atoms. The Labute approximate surface area is 160 Å². The molecule has 1 aromatic heterocycles. The molecular formula is C22H27N3O2. The van der Waals surface area contributed by atoms with Crippen molar-refractivity contribution in [2.24, 2.45) is 5.92 Å². The lowest BCUT2D eigenvalue weighted by atomic mass is 9.85. The van der Waals surface area contributed by atoms with E-state index < -0.39 is 5.97 Å². The number of hydrogen-bond donors (Lipinski definition) is 1. The topological polar surface area (TPSA) is 66.3 Å². The lowest BCUT2D eigenvalue weighted by molar-refractivity contribution is 0.0694. The zero-order valence-electron chi connectivity index (χ0n) is 15.7. The summed E-state index contributed by atoms with van der Waals surface area (Å²) >= 11 is 0. The van der Waals surface area contributed by atoms with Gasteiger partial charge in [-0.1, -0.05) is 56.4 Å². The minimum Gasteiger partial charge on any atom is -0.478 e. The first-order valence-electron chi connectivity index (χ1n) is 10.1. The number of nitrogens with zero attached hydrogens (tertiary/aromatic N) is 3. The summed E-state index contributed by atoms with van der Waals surface area (Å²) in [6.45, 7) is 1.65. The second kappa shape index (κ2) is 8.07. The van der Waals surface area contributed by atoms with Gasteiger partial charge in [0.05, 0.1) is 11.3 Å². The second-order valence-corrected chi connectivity index (χ2v) is 7.82. The molecule has 0 amide bonds. The van der Waals surface area contributed by atoms with E-state index in [4.69, 9.17) is 4.98 Å². The highest BCUT2D eigenvalue weighted by Gasteiger charge is 2.22. The van der Waals surface area contributed by atoms with E-state index in [0.29, 0.717) is 17.6 Å². The minimum atomic E-state index is -0.927. The average Bonchev–Trinajstić information content (AvgIpc) is 2.72. The van der Waals surface area contributed by atoms with Gasteiger partial charge in [-0.3, -0.25) is 0 Å². The fourth-order valence-electron chi connectivity index (χ4n) is 4.41. The van der Waals surface area contributed by atoms with Crippen LogP contribution in [0.5, 0.6) is 0 Å². The van der Waals surface area contributed by atoms with Gasteiger partial charge in [-0.05, 0) is 36.3 Å². The molecule has 5 heteroatoms. The molecule has 0 spiro atoms. The molecule has 27 heavy (non-hydrogen) atoms. The summed E-state index contributed by atoms with van der Waals surface area (Å²) in [5.41, 5.74) is 3.63. The highest BCUT2D eigenvalue weighted by atomic mass is 16.4. The quantitative estimate of drug-likeness (QED) is 0.858. The first kappa shape index (κ1) is 18.0. The Kier molecular flexibility index (Phi) is 5.37. The van der Waals surface area contributed by atoms with Crippen LogP contribution in [-0.4, -0.2) is 27.6 Å². The van der Waals surface area contributed by atoms with Crippen LogP contribution in [-0.2, 0) is 19.4 Å². The SMILES string of the molecule is O=C(O)c1cnc(N2CCc3ccccc3C2)nc1CCC1CCCCC1. The van der Waals surface area contributed by atoms with Crippen molar-refractivity contribution in [3.63, 3.8) is 0 Å². The van der Waals surface area contributed by atoms with Crippen LogP contribution in [0.25, 0.3) is 0 Å². The smallest absolute Gasteiger partial charge is 0.339 e. The first-order chi connectivity index (χ1) is 13.2. The summed E-state index contributed by atoms with van der Waals surface area (Å²) < 4.78 is 0. The molecule has 2 aromatic rings. The predicted molar refractivity (Wildman–Crippen MR) is 105 cm³/mol. The van der Waals surface area contributed by atoms with Gasteiger partial charge < -0.3 is 10.0 Å². The van der Waals surface area contributed by atoms with E-state index >= 15 is 0 Å². The van der Waals surface area contributed by atoms with Crippen LogP contribution in [0, 0.1) is 5.92 Å². The summed E-state index contributed by atoms with van der Waals surface area (Å²) in [6, 6.07) is 8.47. The minimum absolute atomic E-state index is 0.256. The van der Waals surface area contributed by atoms with Crippen molar-refractivity contribution in [3.8, 4) is 0 Å². The third-order valence-corrected chi connectivity index (χ3v) is 6.01. The van der Waals surface area contributed by atoms with Crippen LogP contribution >= 0.6 is 0 Å². The van der Waals surface area contributed by atoms with Crippen LogP contribution in [0.15, 0.2) is 30.5 Å². The maximum atomic E-state index is 11.6. The number of carbonyl (C=O) groups is 1. The van der Waals surface area contributed by atoms with E-state index in [2.05, 4.69) is 34.1 Å². The van der Waals surface area contributed by atoms with E-state index in [-0.39, 0.29) is 5.56 Å². The maximum Gasteiger partial charge on any atom is 0.339 e. The maximum absolute atomic E-state index is 11.6. The number of aromatic carboxylic acids is 1. The summed E-state index contributed by atoms with van der Waals surface area (Å²) in [6.07, 6.45) is 10.7. The number of aromatic nitrogens is 2. The highest BCUT2D eigenvalue weighted by molar-refractivity contribution is 5.88. The lowest BCUT2D eigenvalue weighted by Gasteiger charge is -2.29. The number of anilines is 1. The van der Waals surface area contributed by atoms with Crippen molar-refractivity contribution in [2.75, 3.05) is 11.4 Å². The van der Waals surface area contributed by atoms with Gasteiger partial charge >= 0.3 is 5.97 Å². The van der Waals surface area contributed by atoms with Gasteiger partial charge in [0.1, 0.15) is 0 Å². The Morgan fingerprint density at radius 3 is 2.70 bits per heavy atom. The van der Waals surface area contributed by atoms with Crippen molar-refractivity contribution in [1.82, 2.24) is 9.97 Å². The average molecular weight is 365 g/mol. The summed E-state index contributed by atoms with van der Waals surface area (Å²) in [5.74, 6) is 0.443. The molecule has 2 aliphatic rings. The van der Waals surface area contributed by atoms with Gasteiger partial charge in [0.2, 0.25) is 5.95 Å². The van der Waals surface area contributed by atoms with Gasteiger partial charge in [-0.2, -0.15) is 0 Å². The van der Waals surface area contributed by atoms with E-state index in [0.717, 1.165) is 32.4 Å². The molecule has 1 fully saturated rings.